The number of hydrogen-bond acceptors (Lipinski definition) is 5. The second-order valence-corrected chi connectivity index (χ2v) is 3.76. The molecule has 1 aliphatic heterocycles. The normalized spacial score (nSPS) is 19.7. The zero-order valence-electron chi connectivity index (χ0n) is 9.13. The van der Waals surface area contributed by atoms with E-state index >= 15 is 0 Å². The molecule has 0 spiro atoms. The predicted molar refractivity (Wildman–Crippen MR) is 60.6 cm³/mol. The van der Waals surface area contributed by atoms with Gasteiger partial charge < -0.3 is 15.3 Å². The van der Waals surface area contributed by atoms with E-state index in [0.717, 1.165) is 12.2 Å². The molecule has 0 bridgehead atoms. The van der Waals surface area contributed by atoms with E-state index in [-0.39, 0.29) is 0 Å². The fourth-order valence-electron chi connectivity index (χ4n) is 1.86. The molecule has 0 saturated carbocycles. The number of carboxylic acids is 1. The molecule has 0 amide bonds. The molecule has 17 heavy (non-hydrogen) atoms. The van der Waals surface area contributed by atoms with Crippen LogP contribution in [0.4, 0.5) is 5.69 Å². The van der Waals surface area contributed by atoms with Crippen LogP contribution < -0.4 is 10.2 Å². The molecule has 0 aromatic carbocycles. The minimum absolute atomic E-state index is 0.329. The van der Waals surface area contributed by atoms with Gasteiger partial charge in [0.25, 0.3) is 0 Å². The maximum absolute atomic E-state index is 11.1. The molecule has 1 aromatic rings. The number of rotatable bonds is 2. The molecular weight excluding hydrogens is 220 g/mol. The standard InChI is InChI=1S/C11H12N4O2/c12-5-8-1-2-9(6-14-8)15-4-3-13-7-10(15)11(16)17/h1-2,6,10,13H,3-4,7H2,(H,16,17). The van der Waals surface area contributed by atoms with Gasteiger partial charge in [0.2, 0.25) is 0 Å². The van der Waals surface area contributed by atoms with Gasteiger partial charge in [-0.1, -0.05) is 0 Å². The van der Waals surface area contributed by atoms with E-state index in [4.69, 9.17) is 10.4 Å². The van der Waals surface area contributed by atoms with E-state index in [9.17, 15) is 4.79 Å². The Hall–Kier alpha value is -2.13. The van der Waals surface area contributed by atoms with Gasteiger partial charge in [-0.05, 0) is 12.1 Å². The number of piperazine rings is 1. The monoisotopic (exact) mass is 232 g/mol. The predicted octanol–water partition coefficient (Wildman–Crippen LogP) is -0.184. The van der Waals surface area contributed by atoms with Crippen molar-refractivity contribution in [3.05, 3.63) is 24.0 Å². The minimum Gasteiger partial charge on any atom is -0.480 e. The summed E-state index contributed by atoms with van der Waals surface area (Å²) in [5.74, 6) is -0.860. The maximum Gasteiger partial charge on any atom is 0.327 e. The van der Waals surface area contributed by atoms with E-state index in [1.54, 1.807) is 23.2 Å². The van der Waals surface area contributed by atoms with E-state index < -0.39 is 12.0 Å². The summed E-state index contributed by atoms with van der Waals surface area (Å²) >= 11 is 0. The van der Waals surface area contributed by atoms with Crippen molar-refractivity contribution in [3.8, 4) is 6.07 Å². The van der Waals surface area contributed by atoms with Gasteiger partial charge in [-0.3, -0.25) is 0 Å². The van der Waals surface area contributed by atoms with Crippen molar-refractivity contribution in [2.45, 2.75) is 6.04 Å². The third kappa shape index (κ3) is 2.34. The van der Waals surface area contributed by atoms with Crippen molar-refractivity contribution in [2.75, 3.05) is 24.5 Å². The molecule has 0 aliphatic carbocycles. The van der Waals surface area contributed by atoms with Gasteiger partial charge in [0, 0.05) is 19.6 Å². The number of nitriles is 1. The van der Waals surface area contributed by atoms with Crippen molar-refractivity contribution in [3.63, 3.8) is 0 Å². The molecule has 88 valence electrons. The first-order valence-electron chi connectivity index (χ1n) is 5.28. The Morgan fingerprint density at radius 3 is 3.06 bits per heavy atom. The van der Waals surface area contributed by atoms with E-state index in [1.165, 1.54) is 0 Å². The Labute approximate surface area is 98.5 Å². The van der Waals surface area contributed by atoms with Crippen LogP contribution in [0, 0.1) is 11.3 Å². The molecule has 1 saturated heterocycles. The van der Waals surface area contributed by atoms with Gasteiger partial charge in [0.15, 0.2) is 0 Å². The molecule has 6 nitrogen and oxygen atoms in total. The zero-order chi connectivity index (χ0) is 12.3. The Morgan fingerprint density at radius 1 is 1.65 bits per heavy atom. The minimum atomic E-state index is -0.860. The average molecular weight is 232 g/mol. The van der Waals surface area contributed by atoms with Crippen LogP contribution in [0.3, 0.4) is 0 Å². The van der Waals surface area contributed by atoms with Crippen LogP contribution in [-0.4, -0.2) is 41.7 Å². The second-order valence-electron chi connectivity index (χ2n) is 3.76. The number of pyridine rings is 1. The zero-order valence-corrected chi connectivity index (χ0v) is 9.13. The summed E-state index contributed by atoms with van der Waals surface area (Å²) in [4.78, 5) is 16.8. The molecule has 2 heterocycles. The SMILES string of the molecule is N#Cc1ccc(N2CCNCC2C(=O)O)cn1. The largest absolute Gasteiger partial charge is 0.480 e. The first kappa shape index (κ1) is 11.4. The summed E-state index contributed by atoms with van der Waals surface area (Å²) in [5, 5.41) is 20.8. The highest BCUT2D eigenvalue weighted by Gasteiger charge is 2.28. The Kier molecular flexibility index (Phi) is 3.21. The number of aromatic nitrogens is 1. The number of carboxylic acid groups (broad SMARTS) is 1. The molecule has 1 fully saturated rings. The van der Waals surface area contributed by atoms with Crippen LogP contribution >= 0.6 is 0 Å². The fourth-order valence-corrected chi connectivity index (χ4v) is 1.86. The molecule has 1 aromatic heterocycles. The summed E-state index contributed by atoms with van der Waals surface area (Å²) in [6, 6.07) is 4.67. The lowest BCUT2D eigenvalue weighted by molar-refractivity contribution is -0.138. The fraction of sp³-hybridized carbons (Fsp3) is 0.364. The topological polar surface area (TPSA) is 89.2 Å². The van der Waals surface area contributed by atoms with Gasteiger partial charge >= 0.3 is 5.97 Å². The van der Waals surface area contributed by atoms with E-state index in [0.29, 0.717) is 18.8 Å². The number of anilines is 1. The highest BCUT2D eigenvalue weighted by Crippen LogP contribution is 2.17. The van der Waals surface area contributed by atoms with Gasteiger partial charge in [0.05, 0.1) is 11.9 Å². The molecule has 1 unspecified atom stereocenters. The number of nitrogens with one attached hydrogen (secondary N) is 1. The summed E-state index contributed by atoms with van der Waals surface area (Å²) in [5.41, 5.74) is 1.06. The summed E-state index contributed by atoms with van der Waals surface area (Å²) in [7, 11) is 0. The Balaban J connectivity index is 2.24. The van der Waals surface area contributed by atoms with Crippen molar-refractivity contribution < 1.29 is 9.90 Å². The molecule has 2 rings (SSSR count). The van der Waals surface area contributed by atoms with Crippen LogP contribution in [-0.2, 0) is 4.79 Å². The number of nitrogens with zero attached hydrogens (tertiary/aromatic N) is 3. The van der Waals surface area contributed by atoms with E-state index in [2.05, 4.69) is 10.3 Å². The molecule has 1 aliphatic rings. The quantitative estimate of drug-likeness (QED) is 0.735. The number of aliphatic carboxylic acids is 1. The van der Waals surface area contributed by atoms with Gasteiger partial charge in [-0.25, -0.2) is 9.78 Å². The third-order valence-electron chi connectivity index (χ3n) is 2.72. The smallest absolute Gasteiger partial charge is 0.327 e. The first-order chi connectivity index (χ1) is 8.22. The van der Waals surface area contributed by atoms with Crippen molar-refractivity contribution in [1.29, 1.82) is 5.26 Å². The number of carbonyl (C=O) groups is 1. The van der Waals surface area contributed by atoms with Gasteiger partial charge in [0.1, 0.15) is 17.8 Å². The Morgan fingerprint density at radius 2 is 2.47 bits per heavy atom. The average Bonchev–Trinajstić information content (AvgIpc) is 2.39. The second kappa shape index (κ2) is 4.80. The highest BCUT2D eigenvalue weighted by atomic mass is 16.4. The van der Waals surface area contributed by atoms with Crippen molar-refractivity contribution >= 4 is 11.7 Å². The lowest BCUT2D eigenvalue weighted by atomic mass is 10.1. The van der Waals surface area contributed by atoms with Crippen LogP contribution in [0.1, 0.15) is 5.69 Å². The highest BCUT2D eigenvalue weighted by molar-refractivity contribution is 5.78. The lowest BCUT2D eigenvalue weighted by Crippen LogP contribution is -2.55. The van der Waals surface area contributed by atoms with E-state index in [1.807, 2.05) is 6.07 Å². The lowest BCUT2D eigenvalue weighted by Gasteiger charge is -2.35. The first-order valence-corrected chi connectivity index (χ1v) is 5.28. The number of hydrogen-bond donors (Lipinski definition) is 2. The third-order valence-corrected chi connectivity index (χ3v) is 2.72. The van der Waals surface area contributed by atoms with Crippen molar-refractivity contribution in [2.24, 2.45) is 0 Å². The maximum atomic E-state index is 11.1. The molecule has 6 heteroatoms. The summed E-state index contributed by atoms with van der Waals surface area (Å²) in [6.07, 6.45) is 1.54. The van der Waals surface area contributed by atoms with Crippen LogP contribution in [0.2, 0.25) is 0 Å². The van der Waals surface area contributed by atoms with Gasteiger partial charge in [-0.2, -0.15) is 5.26 Å². The molecule has 2 N–H and O–H groups in total. The molecule has 1 atom stereocenters. The van der Waals surface area contributed by atoms with Crippen molar-refractivity contribution in [1.82, 2.24) is 10.3 Å². The van der Waals surface area contributed by atoms with Crippen LogP contribution in [0.5, 0.6) is 0 Å². The van der Waals surface area contributed by atoms with Crippen LogP contribution in [0.25, 0.3) is 0 Å². The molecular formula is C11H12N4O2. The Bertz CT molecular complexity index is 452. The molecule has 0 radical (unpaired) electrons. The summed E-state index contributed by atoms with van der Waals surface area (Å²) in [6.45, 7) is 1.77. The van der Waals surface area contributed by atoms with Crippen LogP contribution in [0.15, 0.2) is 18.3 Å². The van der Waals surface area contributed by atoms with Gasteiger partial charge in [-0.15, -0.1) is 0 Å². The summed E-state index contributed by atoms with van der Waals surface area (Å²) < 4.78 is 0.